The van der Waals surface area contributed by atoms with E-state index >= 15 is 0 Å². The first kappa shape index (κ1) is 15.5. The van der Waals surface area contributed by atoms with Gasteiger partial charge < -0.3 is 9.64 Å². The monoisotopic (exact) mass is 289 g/mol. The fourth-order valence-electron chi connectivity index (χ4n) is 2.92. The van der Waals surface area contributed by atoms with Gasteiger partial charge in [-0.25, -0.2) is 4.79 Å². The number of nitrogens with zero attached hydrogens (tertiary/aromatic N) is 1. The van der Waals surface area contributed by atoms with Gasteiger partial charge in [0, 0.05) is 6.54 Å². The number of esters is 1. The van der Waals surface area contributed by atoms with Gasteiger partial charge in [-0.05, 0) is 55.9 Å². The average Bonchev–Trinajstić information content (AvgIpc) is 2.93. The molecule has 1 amide bonds. The Labute approximate surface area is 126 Å². The lowest BCUT2D eigenvalue weighted by molar-refractivity contribution is -0.150. The second-order valence-corrected chi connectivity index (χ2v) is 5.81. The molecule has 4 heteroatoms. The summed E-state index contributed by atoms with van der Waals surface area (Å²) >= 11 is 0. The smallest absolute Gasteiger partial charge is 0.328 e. The van der Waals surface area contributed by atoms with Crippen molar-refractivity contribution in [2.45, 2.75) is 46.1 Å². The van der Waals surface area contributed by atoms with Crippen molar-refractivity contribution in [2.24, 2.45) is 0 Å². The highest BCUT2D eigenvalue weighted by Crippen LogP contribution is 2.22. The number of rotatable bonds is 3. The third-order valence-corrected chi connectivity index (χ3v) is 4.34. The van der Waals surface area contributed by atoms with E-state index in [0.29, 0.717) is 19.4 Å². The maximum atomic E-state index is 12.5. The molecule has 1 heterocycles. The summed E-state index contributed by atoms with van der Waals surface area (Å²) in [5.74, 6) is -0.299. The molecule has 1 fully saturated rings. The molecule has 0 radical (unpaired) electrons. The lowest BCUT2D eigenvalue weighted by atomic mass is 9.98. The molecule has 114 valence electrons. The summed E-state index contributed by atoms with van der Waals surface area (Å²) in [5.41, 5.74) is 4.59. The summed E-state index contributed by atoms with van der Waals surface area (Å²) in [6, 6.07) is 3.78. The molecule has 1 saturated heterocycles. The van der Waals surface area contributed by atoms with Crippen LogP contribution < -0.4 is 0 Å². The summed E-state index contributed by atoms with van der Waals surface area (Å²) in [4.78, 5) is 25.9. The van der Waals surface area contributed by atoms with Crippen molar-refractivity contribution in [1.82, 2.24) is 4.90 Å². The molecule has 1 aromatic carbocycles. The fourth-order valence-corrected chi connectivity index (χ4v) is 2.92. The van der Waals surface area contributed by atoms with Crippen LogP contribution in [-0.2, 0) is 20.7 Å². The van der Waals surface area contributed by atoms with Crippen LogP contribution >= 0.6 is 0 Å². The van der Waals surface area contributed by atoms with Crippen molar-refractivity contribution in [3.8, 4) is 0 Å². The van der Waals surface area contributed by atoms with Crippen molar-refractivity contribution in [3.63, 3.8) is 0 Å². The molecule has 1 aliphatic heterocycles. The van der Waals surface area contributed by atoms with Crippen molar-refractivity contribution in [2.75, 3.05) is 13.7 Å². The second-order valence-electron chi connectivity index (χ2n) is 5.81. The summed E-state index contributed by atoms with van der Waals surface area (Å²) in [5, 5.41) is 0. The van der Waals surface area contributed by atoms with E-state index in [-0.39, 0.29) is 11.9 Å². The normalized spacial score (nSPS) is 17.9. The topological polar surface area (TPSA) is 46.6 Å². The molecule has 0 aliphatic carbocycles. The summed E-state index contributed by atoms with van der Waals surface area (Å²) in [6.45, 7) is 6.79. The van der Waals surface area contributed by atoms with E-state index in [9.17, 15) is 9.59 Å². The van der Waals surface area contributed by atoms with E-state index in [1.807, 2.05) is 6.92 Å². The van der Waals surface area contributed by atoms with Crippen LogP contribution in [0.1, 0.15) is 35.1 Å². The number of amides is 1. The molecule has 1 unspecified atom stereocenters. The van der Waals surface area contributed by atoms with Crippen LogP contribution in [0.3, 0.4) is 0 Å². The van der Waals surface area contributed by atoms with Gasteiger partial charge in [-0.3, -0.25) is 4.79 Å². The number of hydrogen-bond donors (Lipinski definition) is 0. The summed E-state index contributed by atoms with van der Waals surface area (Å²) < 4.78 is 4.79. The van der Waals surface area contributed by atoms with E-state index in [4.69, 9.17) is 4.74 Å². The highest BCUT2D eigenvalue weighted by atomic mass is 16.5. The zero-order chi connectivity index (χ0) is 15.6. The first-order valence-corrected chi connectivity index (χ1v) is 7.38. The van der Waals surface area contributed by atoms with Crippen molar-refractivity contribution in [1.29, 1.82) is 0 Å². The SMILES string of the molecule is COC(=O)C1CCCN1C(=O)Cc1cc(C)c(C)cc1C. The van der Waals surface area contributed by atoms with Gasteiger partial charge in [0.1, 0.15) is 6.04 Å². The van der Waals surface area contributed by atoms with Gasteiger partial charge in [0.15, 0.2) is 0 Å². The number of carbonyl (C=O) groups excluding carboxylic acids is 2. The van der Waals surface area contributed by atoms with Crippen LogP contribution in [0.2, 0.25) is 0 Å². The molecule has 1 aromatic rings. The quantitative estimate of drug-likeness (QED) is 0.802. The fraction of sp³-hybridized carbons (Fsp3) is 0.529. The van der Waals surface area contributed by atoms with E-state index in [1.54, 1.807) is 4.90 Å². The molecule has 0 aromatic heterocycles. The third kappa shape index (κ3) is 3.26. The summed E-state index contributed by atoms with van der Waals surface area (Å²) in [7, 11) is 1.37. The molecule has 0 bridgehead atoms. The van der Waals surface area contributed by atoms with Crippen molar-refractivity contribution in [3.05, 3.63) is 34.4 Å². The van der Waals surface area contributed by atoms with Gasteiger partial charge in [-0.15, -0.1) is 0 Å². The molecule has 1 atom stereocenters. The van der Waals surface area contributed by atoms with Crippen molar-refractivity contribution < 1.29 is 14.3 Å². The first-order valence-electron chi connectivity index (χ1n) is 7.38. The molecule has 4 nitrogen and oxygen atoms in total. The number of methoxy groups -OCH3 is 1. The van der Waals surface area contributed by atoms with Gasteiger partial charge in [0.25, 0.3) is 0 Å². The van der Waals surface area contributed by atoms with Crippen LogP contribution in [-0.4, -0.2) is 36.5 Å². The Kier molecular flexibility index (Phi) is 4.66. The number of benzene rings is 1. The van der Waals surface area contributed by atoms with Gasteiger partial charge in [0.2, 0.25) is 5.91 Å². The Morgan fingerprint density at radius 1 is 1.19 bits per heavy atom. The van der Waals surface area contributed by atoms with Gasteiger partial charge in [-0.1, -0.05) is 12.1 Å². The van der Waals surface area contributed by atoms with Gasteiger partial charge in [-0.2, -0.15) is 0 Å². The van der Waals surface area contributed by atoms with E-state index in [1.165, 1.54) is 18.2 Å². The van der Waals surface area contributed by atoms with Gasteiger partial charge >= 0.3 is 5.97 Å². The molecule has 0 N–H and O–H groups in total. The van der Waals surface area contributed by atoms with Crippen LogP contribution in [0.4, 0.5) is 0 Å². The average molecular weight is 289 g/mol. The number of carbonyl (C=O) groups is 2. The van der Waals surface area contributed by atoms with E-state index in [0.717, 1.165) is 17.5 Å². The Morgan fingerprint density at radius 2 is 1.86 bits per heavy atom. The lowest BCUT2D eigenvalue weighted by Crippen LogP contribution is -2.41. The predicted octanol–water partition coefficient (Wildman–Crippen LogP) is 2.32. The zero-order valence-corrected chi connectivity index (χ0v) is 13.2. The van der Waals surface area contributed by atoms with E-state index < -0.39 is 6.04 Å². The Morgan fingerprint density at radius 3 is 2.52 bits per heavy atom. The van der Waals surface area contributed by atoms with Crippen LogP contribution in [0.15, 0.2) is 12.1 Å². The first-order chi connectivity index (χ1) is 9.93. The molecular weight excluding hydrogens is 266 g/mol. The van der Waals surface area contributed by atoms with E-state index in [2.05, 4.69) is 26.0 Å². The van der Waals surface area contributed by atoms with Gasteiger partial charge in [0.05, 0.1) is 13.5 Å². The Bertz CT molecular complexity index is 565. The maximum Gasteiger partial charge on any atom is 0.328 e. The Hall–Kier alpha value is -1.84. The predicted molar refractivity (Wildman–Crippen MR) is 81.1 cm³/mol. The number of likely N-dealkylation sites (tertiary alicyclic amines) is 1. The lowest BCUT2D eigenvalue weighted by Gasteiger charge is -2.23. The second kappa shape index (κ2) is 6.29. The highest BCUT2D eigenvalue weighted by Gasteiger charge is 2.34. The highest BCUT2D eigenvalue weighted by molar-refractivity contribution is 5.86. The third-order valence-electron chi connectivity index (χ3n) is 4.34. The molecule has 1 aliphatic rings. The standard InChI is InChI=1S/C17H23NO3/c1-11-8-13(3)14(9-12(11)2)10-16(19)18-7-5-6-15(18)17(20)21-4/h8-9,15H,5-7,10H2,1-4H3. The maximum absolute atomic E-state index is 12.5. The molecule has 2 rings (SSSR count). The van der Waals surface area contributed by atoms with Crippen LogP contribution in [0, 0.1) is 20.8 Å². The largest absolute Gasteiger partial charge is 0.467 e. The van der Waals surface area contributed by atoms with Crippen molar-refractivity contribution >= 4 is 11.9 Å². The zero-order valence-electron chi connectivity index (χ0n) is 13.2. The molecule has 21 heavy (non-hydrogen) atoms. The minimum Gasteiger partial charge on any atom is -0.467 e. The minimum atomic E-state index is -0.408. The number of hydrogen-bond acceptors (Lipinski definition) is 3. The number of aryl methyl sites for hydroxylation is 3. The minimum absolute atomic E-state index is 0.00857. The van der Waals surface area contributed by atoms with Crippen LogP contribution in [0.25, 0.3) is 0 Å². The molecule has 0 saturated carbocycles. The summed E-state index contributed by atoms with van der Waals surface area (Å²) in [6.07, 6.45) is 1.90. The van der Waals surface area contributed by atoms with Crippen LogP contribution in [0.5, 0.6) is 0 Å². The molecular formula is C17H23NO3. The number of ether oxygens (including phenoxy) is 1. The Balaban J connectivity index is 2.14. The molecule has 0 spiro atoms.